The van der Waals surface area contributed by atoms with Gasteiger partial charge in [-0.25, -0.2) is 0 Å². The van der Waals surface area contributed by atoms with Crippen LogP contribution in [0, 0.1) is 0 Å². The number of nitrogens with zero attached hydrogens (tertiary/aromatic N) is 1. The van der Waals surface area contributed by atoms with Gasteiger partial charge in [0.05, 0.1) is 5.56 Å². The Morgan fingerprint density at radius 1 is 1.33 bits per heavy atom. The molecule has 18 heavy (non-hydrogen) atoms. The molecule has 1 aromatic carbocycles. The van der Waals surface area contributed by atoms with Gasteiger partial charge >= 0.3 is 0 Å². The van der Waals surface area contributed by atoms with Crippen LogP contribution in [-0.2, 0) is 0 Å². The maximum Gasteiger partial charge on any atom is 0.254 e. The average molecular weight is 328 g/mol. The summed E-state index contributed by atoms with van der Waals surface area (Å²) in [6.07, 6.45) is 6.02. The molecule has 0 aromatic heterocycles. The second-order valence-electron chi connectivity index (χ2n) is 4.87. The average Bonchev–Trinajstić information content (AvgIpc) is 2.38. The fourth-order valence-corrected chi connectivity index (χ4v) is 3.36. The highest BCUT2D eigenvalue weighted by Gasteiger charge is 2.23. The van der Waals surface area contributed by atoms with Crippen LogP contribution < -0.4 is 0 Å². The number of carbonyl (C=O) groups excluding carboxylic acids is 1. The molecule has 0 atom stereocenters. The van der Waals surface area contributed by atoms with E-state index in [-0.39, 0.29) is 5.91 Å². The maximum atomic E-state index is 12.4. The summed E-state index contributed by atoms with van der Waals surface area (Å²) in [5.74, 6) is 0.0828. The molecule has 0 spiro atoms. The van der Waals surface area contributed by atoms with Crippen LogP contribution in [0.3, 0.4) is 0 Å². The summed E-state index contributed by atoms with van der Waals surface area (Å²) in [6, 6.07) is 5.99. The molecule has 2 nitrogen and oxygen atoms in total. The molecule has 0 N–H and O–H groups in total. The van der Waals surface area contributed by atoms with E-state index < -0.39 is 0 Å². The van der Waals surface area contributed by atoms with Crippen molar-refractivity contribution >= 4 is 34.5 Å². The Balaban J connectivity index is 2.14. The molecule has 98 valence electrons. The van der Waals surface area contributed by atoms with E-state index in [9.17, 15) is 4.79 Å². The first-order valence-electron chi connectivity index (χ1n) is 6.35. The van der Waals surface area contributed by atoms with Crippen molar-refractivity contribution in [3.63, 3.8) is 0 Å². The van der Waals surface area contributed by atoms with Gasteiger partial charge in [0.25, 0.3) is 5.91 Å². The molecular weight excluding hydrogens is 310 g/mol. The smallest absolute Gasteiger partial charge is 0.254 e. The van der Waals surface area contributed by atoms with Crippen LogP contribution in [0.1, 0.15) is 42.5 Å². The Hall–Kier alpha value is -0.480. The molecule has 1 aliphatic rings. The second-order valence-corrected chi connectivity index (χ2v) is 6.27. The largest absolute Gasteiger partial charge is 0.339 e. The molecule has 0 radical (unpaired) electrons. The Morgan fingerprint density at radius 3 is 2.61 bits per heavy atom. The lowest BCUT2D eigenvalue weighted by atomic mass is 9.94. The molecule has 1 amide bonds. The van der Waals surface area contributed by atoms with E-state index in [1.807, 2.05) is 30.1 Å². The zero-order valence-corrected chi connectivity index (χ0v) is 13.0. The van der Waals surface area contributed by atoms with E-state index in [1.165, 1.54) is 19.3 Å². The minimum absolute atomic E-state index is 0.0828. The van der Waals surface area contributed by atoms with Gasteiger partial charge in [-0.05, 0) is 31.0 Å². The third kappa shape index (κ3) is 3.09. The first-order chi connectivity index (χ1) is 8.59. The fourth-order valence-electron chi connectivity index (χ4n) is 2.51. The van der Waals surface area contributed by atoms with Gasteiger partial charge in [0, 0.05) is 22.5 Å². The molecule has 1 fully saturated rings. The zero-order valence-electron chi connectivity index (χ0n) is 10.5. The number of halogens is 1. The highest BCUT2D eigenvalue weighted by molar-refractivity contribution is 9.10. The van der Waals surface area contributed by atoms with Gasteiger partial charge < -0.3 is 4.90 Å². The van der Waals surface area contributed by atoms with Gasteiger partial charge in [-0.15, -0.1) is 12.6 Å². The number of amides is 1. The third-order valence-corrected chi connectivity index (χ3v) is 4.50. The van der Waals surface area contributed by atoms with Crippen LogP contribution in [0.5, 0.6) is 0 Å². The van der Waals surface area contributed by atoms with Gasteiger partial charge in [0.15, 0.2) is 0 Å². The molecule has 0 unspecified atom stereocenters. The third-order valence-electron chi connectivity index (χ3n) is 3.63. The van der Waals surface area contributed by atoms with Crippen molar-refractivity contribution < 1.29 is 4.79 Å². The SMILES string of the molecule is CN(C(=O)c1ccc(Br)cc1S)C1CCCCC1. The van der Waals surface area contributed by atoms with Crippen molar-refractivity contribution in [2.45, 2.75) is 43.0 Å². The molecule has 2 rings (SSSR count). The number of hydrogen-bond donors (Lipinski definition) is 1. The lowest BCUT2D eigenvalue weighted by Crippen LogP contribution is -2.38. The quantitative estimate of drug-likeness (QED) is 0.809. The number of carbonyl (C=O) groups is 1. The summed E-state index contributed by atoms with van der Waals surface area (Å²) < 4.78 is 0.948. The van der Waals surface area contributed by atoms with Crippen molar-refractivity contribution in [1.82, 2.24) is 4.90 Å². The monoisotopic (exact) mass is 327 g/mol. The predicted octanol–water partition coefficient (Wildman–Crippen LogP) is 4.14. The highest BCUT2D eigenvalue weighted by Crippen LogP contribution is 2.25. The fraction of sp³-hybridized carbons (Fsp3) is 0.500. The predicted molar refractivity (Wildman–Crippen MR) is 80.4 cm³/mol. The Bertz CT molecular complexity index is 443. The van der Waals surface area contributed by atoms with E-state index in [1.54, 1.807) is 0 Å². The normalized spacial score (nSPS) is 16.6. The van der Waals surface area contributed by atoms with Crippen LogP contribution >= 0.6 is 28.6 Å². The Morgan fingerprint density at radius 2 is 2.00 bits per heavy atom. The van der Waals surface area contributed by atoms with Gasteiger partial charge in [-0.2, -0.15) is 0 Å². The van der Waals surface area contributed by atoms with Crippen LogP contribution in [0.2, 0.25) is 0 Å². The van der Waals surface area contributed by atoms with E-state index in [0.29, 0.717) is 11.6 Å². The van der Waals surface area contributed by atoms with Gasteiger partial charge in [-0.1, -0.05) is 35.2 Å². The minimum Gasteiger partial charge on any atom is -0.339 e. The van der Waals surface area contributed by atoms with Gasteiger partial charge in [0.1, 0.15) is 0 Å². The van der Waals surface area contributed by atoms with E-state index >= 15 is 0 Å². The lowest BCUT2D eigenvalue weighted by molar-refractivity contribution is 0.0693. The molecule has 0 saturated heterocycles. The molecular formula is C14H18BrNOS. The van der Waals surface area contributed by atoms with Crippen LogP contribution in [0.25, 0.3) is 0 Å². The molecule has 1 aromatic rings. The Kier molecular flexibility index (Phi) is 4.73. The standard InChI is InChI=1S/C14H18BrNOS/c1-16(11-5-3-2-4-6-11)14(17)12-8-7-10(15)9-13(12)18/h7-9,11,18H,2-6H2,1H3. The van der Waals surface area contributed by atoms with Crippen LogP contribution in [0.4, 0.5) is 0 Å². The van der Waals surface area contributed by atoms with Crippen molar-refractivity contribution in [3.8, 4) is 0 Å². The number of hydrogen-bond acceptors (Lipinski definition) is 2. The molecule has 1 saturated carbocycles. The van der Waals surface area contributed by atoms with E-state index in [4.69, 9.17) is 0 Å². The van der Waals surface area contributed by atoms with E-state index in [2.05, 4.69) is 28.6 Å². The summed E-state index contributed by atoms with van der Waals surface area (Å²) in [7, 11) is 1.91. The summed E-state index contributed by atoms with van der Waals surface area (Å²) in [6.45, 7) is 0. The summed E-state index contributed by atoms with van der Waals surface area (Å²) in [5, 5.41) is 0. The summed E-state index contributed by atoms with van der Waals surface area (Å²) >= 11 is 7.77. The molecule has 1 aliphatic carbocycles. The lowest BCUT2D eigenvalue weighted by Gasteiger charge is -2.31. The molecule has 0 aliphatic heterocycles. The first kappa shape index (κ1) is 13.9. The number of thiol groups is 1. The zero-order chi connectivity index (χ0) is 13.1. The maximum absolute atomic E-state index is 12.4. The first-order valence-corrected chi connectivity index (χ1v) is 7.59. The topological polar surface area (TPSA) is 20.3 Å². The molecule has 4 heteroatoms. The van der Waals surface area contributed by atoms with Crippen LogP contribution in [-0.4, -0.2) is 23.9 Å². The molecule has 0 bridgehead atoms. The van der Waals surface area contributed by atoms with Gasteiger partial charge in [-0.3, -0.25) is 4.79 Å². The number of rotatable bonds is 2. The van der Waals surface area contributed by atoms with Crippen molar-refractivity contribution in [2.24, 2.45) is 0 Å². The Labute approximate surface area is 122 Å². The van der Waals surface area contributed by atoms with Gasteiger partial charge in [0.2, 0.25) is 0 Å². The van der Waals surface area contributed by atoms with Crippen LogP contribution in [0.15, 0.2) is 27.6 Å². The summed E-state index contributed by atoms with van der Waals surface area (Å²) in [5.41, 5.74) is 0.689. The van der Waals surface area contributed by atoms with Crippen molar-refractivity contribution in [2.75, 3.05) is 7.05 Å². The minimum atomic E-state index is 0.0828. The number of benzene rings is 1. The second kappa shape index (κ2) is 6.11. The van der Waals surface area contributed by atoms with Crippen molar-refractivity contribution in [1.29, 1.82) is 0 Å². The van der Waals surface area contributed by atoms with Crippen molar-refractivity contribution in [3.05, 3.63) is 28.2 Å². The highest BCUT2D eigenvalue weighted by atomic mass is 79.9. The molecule has 0 heterocycles. The summed E-state index contributed by atoms with van der Waals surface area (Å²) in [4.78, 5) is 15.1. The van der Waals surface area contributed by atoms with E-state index in [0.717, 1.165) is 22.2 Å².